The molecule has 0 N–H and O–H groups in total. The van der Waals surface area contributed by atoms with Gasteiger partial charge in [-0.1, -0.05) is 6.92 Å². The lowest BCUT2D eigenvalue weighted by molar-refractivity contribution is -0.328. The Bertz CT molecular complexity index is 253. The van der Waals surface area contributed by atoms with E-state index in [0.29, 0.717) is 11.8 Å². The average Bonchev–Trinajstić information content (AvgIpc) is 2.00. The Morgan fingerprint density at radius 3 is 1.38 bits per heavy atom. The van der Waals surface area contributed by atoms with Gasteiger partial charge in [0.15, 0.2) is 0 Å². The van der Waals surface area contributed by atoms with Crippen LogP contribution in [0.4, 0.5) is 26.3 Å². The monoisotopic (exact) mass is 251 g/mol. The van der Waals surface area contributed by atoms with E-state index < -0.39 is 30.1 Å². The van der Waals surface area contributed by atoms with Gasteiger partial charge >= 0.3 is 12.4 Å². The summed E-state index contributed by atoms with van der Waals surface area (Å²) < 4.78 is 75.1. The Kier molecular flexibility index (Phi) is 3.89. The fourth-order valence-corrected chi connectivity index (χ4v) is 1.34. The van der Waals surface area contributed by atoms with Crippen LogP contribution in [0.2, 0.25) is 0 Å². The number of carbonyl (C=O) groups is 1. The van der Waals surface area contributed by atoms with Crippen molar-refractivity contribution in [2.45, 2.75) is 25.7 Å². The van der Waals surface area contributed by atoms with E-state index in [1.54, 1.807) is 0 Å². The minimum atomic E-state index is -5.67. The van der Waals surface area contributed by atoms with Crippen molar-refractivity contribution in [1.29, 1.82) is 0 Å². The van der Waals surface area contributed by atoms with Crippen LogP contribution in [0.1, 0.15) is 13.3 Å². The second-order valence-corrected chi connectivity index (χ2v) is 3.45. The molecular weight excluding hydrogens is 240 g/mol. The van der Waals surface area contributed by atoms with Crippen molar-refractivity contribution in [2.24, 2.45) is 5.41 Å². The highest BCUT2D eigenvalue weighted by molar-refractivity contribution is 5.84. The summed E-state index contributed by atoms with van der Waals surface area (Å²) >= 11 is 0. The van der Waals surface area contributed by atoms with Crippen molar-refractivity contribution in [2.75, 3.05) is 14.1 Å². The molecule has 0 saturated carbocycles. The second-order valence-electron chi connectivity index (χ2n) is 3.45. The minimum Gasteiger partial charge on any atom is -0.348 e. The highest BCUT2D eigenvalue weighted by atomic mass is 19.4. The normalized spacial score (nSPS) is 13.8. The molecule has 0 unspecified atom stereocenters. The van der Waals surface area contributed by atoms with Crippen LogP contribution in [0.15, 0.2) is 0 Å². The van der Waals surface area contributed by atoms with Crippen LogP contribution in [-0.2, 0) is 4.79 Å². The largest absolute Gasteiger partial charge is 0.412 e. The summed E-state index contributed by atoms with van der Waals surface area (Å²) in [6.07, 6.45) is -12.7. The van der Waals surface area contributed by atoms with Gasteiger partial charge in [-0.3, -0.25) is 4.79 Å². The molecule has 0 aliphatic heterocycles. The maximum absolute atomic E-state index is 12.5. The van der Waals surface area contributed by atoms with E-state index in [-0.39, 0.29) is 0 Å². The van der Waals surface area contributed by atoms with Crippen LogP contribution in [0.3, 0.4) is 0 Å². The highest BCUT2D eigenvalue weighted by Crippen LogP contribution is 2.53. The quantitative estimate of drug-likeness (QED) is 0.691. The van der Waals surface area contributed by atoms with Gasteiger partial charge in [0.2, 0.25) is 11.3 Å². The van der Waals surface area contributed by atoms with Gasteiger partial charge < -0.3 is 4.90 Å². The lowest BCUT2D eigenvalue weighted by Crippen LogP contribution is -2.58. The van der Waals surface area contributed by atoms with Gasteiger partial charge in [0.25, 0.3) is 0 Å². The van der Waals surface area contributed by atoms with Crippen molar-refractivity contribution in [3.05, 3.63) is 0 Å². The van der Waals surface area contributed by atoms with Gasteiger partial charge in [-0.15, -0.1) is 0 Å². The molecule has 0 aliphatic rings. The topological polar surface area (TPSA) is 20.3 Å². The molecule has 0 heterocycles. The summed E-state index contributed by atoms with van der Waals surface area (Å²) in [6, 6.07) is 0. The number of nitrogens with zero attached hydrogens (tertiary/aromatic N) is 1. The first-order valence-corrected chi connectivity index (χ1v) is 4.27. The number of amides is 1. The summed E-state index contributed by atoms with van der Waals surface area (Å²) in [6.45, 7) is 0.683. The maximum Gasteiger partial charge on any atom is 0.412 e. The standard InChI is InChI=1S/C8H11F6NO/c1-4-6(7(9,10)11,8(12,13)14)5(16)15(2)3/h4H2,1-3H3. The molecule has 0 aromatic heterocycles. The van der Waals surface area contributed by atoms with Crippen molar-refractivity contribution in [3.63, 3.8) is 0 Å². The molecule has 0 bridgehead atoms. The van der Waals surface area contributed by atoms with Crippen molar-refractivity contribution < 1.29 is 31.1 Å². The zero-order chi connectivity index (χ0) is 13.4. The van der Waals surface area contributed by atoms with Crippen LogP contribution < -0.4 is 0 Å². The van der Waals surface area contributed by atoms with Crippen LogP contribution in [-0.4, -0.2) is 37.3 Å². The third kappa shape index (κ3) is 2.10. The van der Waals surface area contributed by atoms with E-state index in [1.807, 2.05) is 0 Å². The smallest absolute Gasteiger partial charge is 0.348 e. The molecule has 0 spiro atoms. The Balaban J connectivity index is 5.78. The molecule has 0 radical (unpaired) electrons. The average molecular weight is 251 g/mol. The Morgan fingerprint density at radius 2 is 1.31 bits per heavy atom. The summed E-state index contributed by atoms with van der Waals surface area (Å²) in [5.41, 5.74) is -4.32. The van der Waals surface area contributed by atoms with Gasteiger partial charge in [-0.05, 0) is 6.42 Å². The van der Waals surface area contributed by atoms with Gasteiger partial charge in [0.1, 0.15) is 0 Å². The number of hydrogen-bond acceptors (Lipinski definition) is 1. The third-order valence-corrected chi connectivity index (χ3v) is 2.27. The van der Waals surface area contributed by atoms with Crippen LogP contribution in [0.5, 0.6) is 0 Å². The fraction of sp³-hybridized carbons (Fsp3) is 0.875. The first kappa shape index (κ1) is 15.0. The van der Waals surface area contributed by atoms with Crippen LogP contribution in [0.25, 0.3) is 0 Å². The Morgan fingerprint density at radius 1 is 1.00 bits per heavy atom. The molecule has 0 aromatic carbocycles. The molecule has 0 fully saturated rings. The van der Waals surface area contributed by atoms with E-state index >= 15 is 0 Å². The summed E-state index contributed by atoms with van der Waals surface area (Å²) in [5.74, 6) is -2.00. The first-order valence-electron chi connectivity index (χ1n) is 4.27. The predicted octanol–water partition coefficient (Wildman–Crippen LogP) is 2.60. The fourth-order valence-electron chi connectivity index (χ4n) is 1.34. The van der Waals surface area contributed by atoms with Gasteiger partial charge in [0, 0.05) is 14.1 Å². The van der Waals surface area contributed by atoms with Gasteiger partial charge in [0.05, 0.1) is 0 Å². The van der Waals surface area contributed by atoms with Crippen LogP contribution in [0, 0.1) is 5.41 Å². The number of rotatable bonds is 2. The van der Waals surface area contributed by atoms with E-state index in [0.717, 1.165) is 14.1 Å². The van der Waals surface area contributed by atoms with Crippen molar-refractivity contribution >= 4 is 5.91 Å². The van der Waals surface area contributed by atoms with Gasteiger partial charge in [-0.2, -0.15) is 26.3 Å². The van der Waals surface area contributed by atoms with E-state index in [2.05, 4.69) is 0 Å². The molecule has 0 saturated heterocycles. The molecule has 0 aromatic rings. The number of alkyl halides is 6. The minimum absolute atomic E-state index is 0.296. The number of halogens is 6. The molecule has 16 heavy (non-hydrogen) atoms. The molecule has 96 valence electrons. The predicted molar refractivity (Wildman–Crippen MR) is 43.5 cm³/mol. The lowest BCUT2D eigenvalue weighted by atomic mass is 9.82. The second kappa shape index (κ2) is 4.14. The first-order chi connectivity index (χ1) is 6.91. The van der Waals surface area contributed by atoms with Crippen molar-refractivity contribution in [3.8, 4) is 0 Å². The Labute approximate surface area is 88.2 Å². The molecule has 8 heteroatoms. The molecule has 0 atom stereocenters. The maximum atomic E-state index is 12.5. The Hall–Kier alpha value is -0.950. The number of hydrogen-bond donors (Lipinski definition) is 0. The van der Waals surface area contributed by atoms with E-state index in [9.17, 15) is 31.1 Å². The molecule has 1 amide bonds. The van der Waals surface area contributed by atoms with Crippen LogP contribution >= 0.6 is 0 Å². The zero-order valence-electron chi connectivity index (χ0n) is 8.83. The van der Waals surface area contributed by atoms with E-state index in [1.165, 1.54) is 0 Å². The lowest BCUT2D eigenvalue weighted by Gasteiger charge is -2.36. The van der Waals surface area contributed by atoms with Crippen molar-refractivity contribution in [1.82, 2.24) is 4.90 Å². The third-order valence-electron chi connectivity index (χ3n) is 2.27. The summed E-state index contributed by atoms with van der Waals surface area (Å²) in [4.78, 5) is 11.5. The molecule has 2 nitrogen and oxygen atoms in total. The highest BCUT2D eigenvalue weighted by Gasteiger charge is 2.74. The SMILES string of the molecule is CCC(C(=O)N(C)C)(C(F)(F)F)C(F)(F)F. The zero-order valence-corrected chi connectivity index (χ0v) is 8.83. The summed E-state index contributed by atoms with van der Waals surface area (Å²) in [7, 11) is 1.70. The van der Waals surface area contributed by atoms with Gasteiger partial charge in [-0.25, -0.2) is 0 Å². The summed E-state index contributed by atoms with van der Waals surface area (Å²) in [5, 5.41) is 0. The molecular formula is C8H11F6NO. The number of carbonyl (C=O) groups excluding carboxylic acids is 1. The molecule has 0 rings (SSSR count). The molecule has 0 aliphatic carbocycles. The van der Waals surface area contributed by atoms with E-state index in [4.69, 9.17) is 0 Å².